The third kappa shape index (κ3) is 4.72. The van der Waals surface area contributed by atoms with Crippen molar-refractivity contribution < 1.29 is 8.42 Å². The first-order chi connectivity index (χ1) is 7.38. The van der Waals surface area contributed by atoms with E-state index in [4.69, 9.17) is 0 Å². The van der Waals surface area contributed by atoms with Crippen molar-refractivity contribution in [2.75, 3.05) is 12.0 Å². The molecule has 0 fully saturated rings. The second-order valence-electron chi connectivity index (χ2n) is 4.17. The van der Waals surface area contributed by atoms with E-state index in [1.165, 1.54) is 6.26 Å². The van der Waals surface area contributed by atoms with Gasteiger partial charge in [0.2, 0.25) is 0 Å². The summed E-state index contributed by atoms with van der Waals surface area (Å²) in [5, 5.41) is 3.23. The van der Waals surface area contributed by atoms with Crippen LogP contribution in [-0.2, 0) is 9.84 Å². The van der Waals surface area contributed by atoms with Crippen molar-refractivity contribution in [1.82, 2.24) is 10.3 Å². The molecule has 1 rings (SSSR count). The molecule has 0 saturated carbocycles. The molecule has 0 saturated heterocycles. The molecule has 2 atom stereocenters. The third-order valence-electron chi connectivity index (χ3n) is 2.27. The minimum absolute atomic E-state index is 0.0646. The van der Waals surface area contributed by atoms with E-state index in [0.29, 0.717) is 0 Å². The van der Waals surface area contributed by atoms with Crippen LogP contribution in [0.4, 0.5) is 0 Å². The van der Waals surface area contributed by atoms with Crippen LogP contribution in [0.5, 0.6) is 0 Å². The van der Waals surface area contributed by atoms with Gasteiger partial charge in [0, 0.05) is 30.7 Å². The van der Waals surface area contributed by atoms with E-state index in [0.717, 1.165) is 5.56 Å². The number of nitrogens with one attached hydrogen (secondary N) is 1. The molecule has 5 heteroatoms. The van der Waals surface area contributed by atoms with E-state index in [-0.39, 0.29) is 17.8 Å². The molecule has 0 spiro atoms. The van der Waals surface area contributed by atoms with Gasteiger partial charge in [0.1, 0.15) is 9.84 Å². The highest BCUT2D eigenvalue weighted by Crippen LogP contribution is 2.10. The Morgan fingerprint density at radius 1 is 1.44 bits per heavy atom. The molecular weight excluding hydrogens is 224 g/mol. The van der Waals surface area contributed by atoms with Crippen LogP contribution < -0.4 is 5.32 Å². The van der Waals surface area contributed by atoms with Crippen LogP contribution in [0.15, 0.2) is 24.5 Å². The van der Waals surface area contributed by atoms with Crippen LogP contribution in [-0.4, -0.2) is 31.5 Å². The first-order valence-electron chi connectivity index (χ1n) is 5.22. The van der Waals surface area contributed by atoms with Crippen LogP contribution in [0, 0.1) is 0 Å². The van der Waals surface area contributed by atoms with Gasteiger partial charge in [-0.3, -0.25) is 4.98 Å². The highest BCUT2D eigenvalue weighted by molar-refractivity contribution is 7.90. The molecule has 4 nitrogen and oxygen atoms in total. The van der Waals surface area contributed by atoms with Gasteiger partial charge < -0.3 is 5.32 Å². The summed E-state index contributed by atoms with van der Waals surface area (Å²) in [6.45, 7) is 3.86. The zero-order chi connectivity index (χ0) is 12.2. The molecule has 1 heterocycles. The smallest absolute Gasteiger partial charge is 0.148 e. The lowest BCUT2D eigenvalue weighted by Crippen LogP contribution is -2.34. The Hall–Kier alpha value is -0.940. The number of hydrogen-bond donors (Lipinski definition) is 1. The summed E-state index contributed by atoms with van der Waals surface area (Å²) < 4.78 is 22.2. The fourth-order valence-electron chi connectivity index (χ4n) is 1.66. The van der Waals surface area contributed by atoms with Gasteiger partial charge in [0.25, 0.3) is 0 Å². The molecule has 1 aromatic rings. The van der Waals surface area contributed by atoms with Crippen LogP contribution in [0.3, 0.4) is 0 Å². The van der Waals surface area contributed by atoms with Gasteiger partial charge in [-0.2, -0.15) is 0 Å². The highest BCUT2D eigenvalue weighted by atomic mass is 32.2. The summed E-state index contributed by atoms with van der Waals surface area (Å²) in [7, 11) is -2.93. The van der Waals surface area contributed by atoms with E-state index >= 15 is 0 Å². The molecule has 0 aromatic carbocycles. The molecule has 0 aliphatic rings. The molecule has 1 aromatic heterocycles. The Balaban J connectivity index is 2.55. The largest absolute Gasteiger partial charge is 0.307 e. The molecule has 0 aliphatic heterocycles. The Bertz CT molecular complexity index is 417. The lowest BCUT2D eigenvalue weighted by molar-refractivity contribution is 0.500. The van der Waals surface area contributed by atoms with Crippen molar-refractivity contribution in [3.63, 3.8) is 0 Å². The highest BCUT2D eigenvalue weighted by Gasteiger charge is 2.13. The number of hydrogen-bond acceptors (Lipinski definition) is 4. The summed E-state index contributed by atoms with van der Waals surface area (Å²) in [6.07, 6.45) is 4.75. The van der Waals surface area contributed by atoms with Crippen molar-refractivity contribution in [1.29, 1.82) is 0 Å². The number of rotatable bonds is 5. The molecule has 16 heavy (non-hydrogen) atoms. The monoisotopic (exact) mass is 242 g/mol. The van der Waals surface area contributed by atoms with Crippen molar-refractivity contribution in [2.24, 2.45) is 0 Å². The third-order valence-corrected chi connectivity index (χ3v) is 3.38. The molecule has 2 unspecified atom stereocenters. The summed E-state index contributed by atoms with van der Waals surface area (Å²) in [5.74, 6) is 0.150. The number of pyridine rings is 1. The fraction of sp³-hybridized carbons (Fsp3) is 0.545. The number of aromatic nitrogens is 1. The molecule has 90 valence electrons. The molecule has 0 bridgehead atoms. The van der Waals surface area contributed by atoms with Gasteiger partial charge in [-0.25, -0.2) is 8.42 Å². The SMILES string of the molecule is CC(CS(C)(=O)=O)NC(C)c1cccnc1. The average molecular weight is 242 g/mol. The Labute approximate surface area is 97.0 Å². The molecule has 0 radical (unpaired) electrons. The average Bonchev–Trinajstić information content (AvgIpc) is 2.16. The number of nitrogens with zero attached hydrogens (tertiary/aromatic N) is 1. The van der Waals surface area contributed by atoms with Gasteiger partial charge in [0.15, 0.2) is 0 Å². The van der Waals surface area contributed by atoms with Gasteiger partial charge in [-0.1, -0.05) is 6.07 Å². The Morgan fingerprint density at radius 3 is 2.62 bits per heavy atom. The van der Waals surface area contributed by atoms with Crippen molar-refractivity contribution >= 4 is 9.84 Å². The minimum atomic E-state index is -2.93. The van der Waals surface area contributed by atoms with Gasteiger partial charge in [-0.15, -0.1) is 0 Å². The van der Waals surface area contributed by atoms with Crippen LogP contribution in [0.1, 0.15) is 25.5 Å². The maximum absolute atomic E-state index is 11.1. The van der Waals surface area contributed by atoms with Gasteiger partial charge in [-0.05, 0) is 25.5 Å². The van der Waals surface area contributed by atoms with E-state index in [2.05, 4.69) is 10.3 Å². The summed E-state index contributed by atoms with van der Waals surface area (Å²) >= 11 is 0. The van der Waals surface area contributed by atoms with Crippen LogP contribution in [0.25, 0.3) is 0 Å². The van der Waals surface area contributed by atoms with E-state index in [9.17, 15) is 8.42 Å². The topological polar surface area (TPSA) is 59.1 Å². The maximum Gasteiger partial charge on any atom is 0.148 e. The van der Waals surface area contributed by atoms with E-state index in [1.54, 1.807) is 12.4 Å². The summed E-state index contributed by atoms with van der Waals surface area (Å²) in [6, 6.07) is 3.88. The molecular formula is C11H18N2O2S. The van der Waals surface area contributed by atoms with Crippen molar-refractivity contribution in [3.8, 4) is 0 Å². The standard InChI is InChI=1S/C11H18N2O2S/c1-9(8-16(3,14)15)13-10(2)11-5-4-6-12-7-11/h4-7,9-10,13H,8H2,1-3H3. The van der Waals surface area contributed by atoms with Crippen molar-refractivity contribution in [3.05, 3.63) is 30.1 Å². The Kier molecular flexibility index (Phi) is 4.44. The minimum Gasteiger partial charge on any atom is -0.307 e. The predicted octanol–water partition coefficient (Wildman–Crippen LogP) is 1.17. The normalized spacial score (nSPS) is 15.7. The van der Waals surface area contributed by atoms with Crippen LogP contribution in [0.2, 0.25) is 0 Å². The van der Waals surface area contributed by atoms with Crippen molar-refractivity contribution in [2.45, 2.75) is 25.9 Å². The molecule has 1 N–H and O–H groups in total. The lowest BCUT2D eigenvalue weighted by Gasteiger charge is -2.19. The van der Waals surface area contributed by atoms with E-state index < -0.39 is 9.84 Å². The second-order valence-corrected chi connectivity index (χ2v) is 6.35. The van der Waals surface area contributed by atoms with Gasteiger partial charge in [0.05, 0.1) is 5.75 Å². The van der Waals surface area contributed by atoms with Gasteiger partial charge >= 0.3 is 0 Å². The zero-order valence-electron chi connectivity index (χ0n) is 9.84. The quantitative estimate of drug-likeness (QED) is 0.842. The second kappa shape index (κ2) is 5.41. The zero-order valence-corrected chi connectivity index (χ0v) is 10.7. The van der Waals surface area contributed by atoms with Crippen LogP contribution >= 0.6 is 0 Å². The molecule has 0 amide bonds. The fourth-order valence-corrected chi connectivity index (χ4v) is 2.66. The first-order valence-corrected chi connectivity index (χ1v) is 7.28. The predicted molar refractivity (Wildman–Crippen MR) is 65.0 cm³/mol. The van der Waals surface area contributed by atoms with E-state index in [1.807, 2.05) is 26.0 Å². The Morgan fingerprint density at radius 2 is 2.12 bits per heavy atom. The summed E-state index contributed by atoms with van der Waals surface area (Å²) in [5.41, 5.74) is 1.06. The lowest BCUT2D eigenvalue weighted by atomic mass is 10.1. The maximum atomic E-state index is 11.1. The molecule has 0 aliphatic carbocycles. The number of sulfone groups is 1. The summed E-state index contributed by atoms with van der Waals surface area (Å²) in [4.78, 5) is 4.03. The first kappa shape index (κ1) is 13.1.